The highest BCUT2D eigenvalue weighted by Gasteiger charge is 2.15. The van der Waals surface area contributed by atoms with E-state index >= 15 is 0 Å². The maximum atomic E-state index is 11.2. The molecule has 0 spiro atoms. The van der Waals surface area contributed by atoms with E-state index in [9.17, 15) is 9.90 Å². The van der Waals surface area contributed by atoms with Gasteiger partial charge in [-0.3, -0.25) is 0 Å². The Kier molecular flexibility index (Phi) is 7.07. The van der Waals surface area contributed by atoms with E-state index in [1.165, 1.54) is 57.8 Å². The standard InChI is InChI=1S/C16H28O2/c1-13(2)15(16(17)18)12-14-10-8-6-4-3-5-7-9-11-14/h12-14H,3-11H2,1-2H3,(H,17,18). The summed E-state index contributed by atoms with van der Waals surface area (Å²) in [6.07, 6.45) is 13.6. The summed E-state index contributed by atoms with van der Waals surface area (Å²) in [4.78, 5) is 11.2. The van der Waals surface area contributed by atoms with Crippen molar-refractivity contribution >= 4 is 5.97 Å². The lowest BCUT2D eigenvalue weighted by molar-refractivity contribution is -0.133. The van der Waals surface area contributed by atoms with E-state index in [-0.39, 0.29) is 5.92 Å². The van der Waals surface area contributed by atoms with Gasteiger partial charge in [0.1, 0.15) is 0 Å². The van der Waals surface area contributed by atoms with Gasteiger partial charge in [0.25, 0.3) is 0 Å². The van der Waals surface area contributed by atoms with Crippen LogP contribution in [0.5, 0.6) is 0 Å². The van der Waals surface area contributed by atoms with Crippen molar-refractivity contribution in [2.24, 2.45) is 11.8 Å². The molecule has 1 aliphatic carbocycles. The highest BCUT2D eigenvalue weighted by atomic mass is 16.4. The molecule has 1 fully saturated rings. The van der Waals surface area contributed by atoms with Crippen LogP contribution < -0.4 is 0 Å². The molecule has 0 unspecified atom stereocenters. The molecule has 0 aromatic heterocycles. The van der Waals surface area contributed by atoms with Crippen LogP contribution in [0.1, 0.15) is 71.6 Å². The minimum atomic E-state index is -0.734. The molecular formula is C16H28O2. The van der Waals surface area contributed by atoms with E-state index in [0.29, 0.717) is 11.5 Å². The van der Waals surface area contributed by atoms with Crippen LogP contribution in [0.25, 0.3) is 0 Å². The molecule has 1 saturated carbocycles. The number of carboxylic acids is 1. The molecule has 0 aromatic rings. The van der Waals surface area contributed by atoms with Gasteiger partial charge in [0.15, 0.2) is 0 Å². The van der Waals surface area contributed by atoms with Crippen LogP contribution >= 0.6 is 0 Å². The molecule has 0 amide bonds. The zero-order valence-corrected chi connectivity index (χ0v) is 12.0. The van der Waals surface area contributed by atoms with Crippen LogP contribution in [0.3, 0.4) is 0 Å². The summed E-state index contributed by atoms with van der Waals surface area (Å²) in [5.74, 6) is -0.128. The number of carboxylic acid groups (broad SMARTS) is 1. The topological polar surface area (TPSA) is 37.3 Å². The third-order valence-electron chi connectivity index (χ3n) is 3.93. The summed E-state index contributed by atoms with van der Waals surface area (Å²) in [5, 5.41) is 9.23. The summed E-state index contributed by atoms with van der Waals surface area (Å²) in [6, 6.07) is 0. The predicted octanol–water partition coefficient (Wildman–Crippen LogP) is 4.79. The smallest absolute Gasteiger partial charge is 0.331 e. The van der Waals surface area contributed by atoms with Crippen LogP contribution in [0.15, 0.2) is 11.6 Å². The molecule has 0 aromatic carbocycles. The van der Waals surface area contributed by atoms with Crippen LogP contribution in [0.2, 0.25) is 0 Å². The zero-order chi connectivity index (χ0) is 13.4. The van der Waals surface area contributed by atoms with Gasteiger partial charge in [0.05, 0.1) is 0 Å². The van der Waals surface area contributed by atoms with Crippen molar-refractivity contribution in [3.63, 3.8) is 0 Å². The number of carbonyl (C=O) groups is 1. The minimum absolute atomic E-state index is 0.123. The van der Waals surface area contributed by atoms with Crippen molar-refractivity contribution in [2.75, 3.05) is 0 Å². The van der Waals surface area contributed by atoms with E-state index in [1.54, 1.807) is 0 Å². The molecule has 1 rings (SSSR count). The fourth-order valence-corrected chi connectivity index (χ4v) is 2.77. The number of rotatable bonds is 3. The summed E-state index contributed by atoms with van der Waals surface area (Å²) in [7, 11) is 0. The highest BCUT2D eigenvalue weighted by Crippen LogP contribution is 2.25. The lowest BCUT2D eigenvalue weighted by Crippen LogP contribution is -2.10. The van der Waals surface area contributed by atoms with Crippen LogP contribution in [-0.2, 0) is 4.79 Å². The van der Waals surface area contributed by atoms with E-state index in [4.69, 9.17) is 0 Å². The highest BCUT2D eigenvalue weighted by molar-refractivity contribution is 5.87. The summed E-state index contributed by atoms with van der Waals surface area (Å²) >= 11 is 0. The Hall–Kier alpha value is -0.790. The van der Waals surface area contributed by atoms with Crippen molar-refractivity contribution in [2.45, 2.75) is 71.6 Å². The fraction of sp³-hybridized carbons (Fsp3) is 0.812. The second kappa shape index (κ2) is 8.34. The third-order valence-corrected chi connectivity index (χ3v) is 3.93. The van der Waals surface area contributed by atoms with Crippen molar-refractivity contribution in [3.8, 4) is 0 Å². The molecule has 2 heteroatoms. The lowest BCUT2D eigenvalue weighted by Gasteiger charge is -2.17. The summed E-state index contributed by atoms with van der Waals surface area (Å²) in [5.41, 5.74) is 0.608. The van der Waals surface area contributed by atoms with E-state index < -0.39 is 5.97 Å². The molecule has 0 bridgehead atoms. The number of hydrogen-bond donors (Lipinski definition) is 1. The minimum Gasteiger partial charge on any atom is -0.478 e. The van der Waals surface area contributed by atoms with Gasteiger partial charge in [0.2, 0.25) is 0 Å². The van der Waals surface area contributed by atoms with Crippen LogP contribution in [-0.4, -0.2) is 11.1 Å². The molecule has 1 N–H and O–H groups in total. The Bertz CT molecular complexity index is 269. The molecule has 0 radical (unpaired) electrons. The van der Waals surface area contributed by atoms with Crippen LogP contribution in [0, 0.1) is 11.8 Å². The van der Waals surface area contributed by atoms with Gasteiger partial charge in [-0.1, -0.05) is 64.9 Å². The molecule has 104 valence electrons. The molecule has 0 atom stereocenters. The van der Waals surface area contributed by atoms with E-state index in [2.05, 4.69) is 6.08 Å². The molecule has 2 nitrogen and oxygen atoms in total. The maximum absolute atomic E-state index is 11.2. The fourth-order valence-electron chi connectivity index (χ4n) is 2.77. The monoisotopic (exact) mass is 252 g/mol. The van der Waals surface area contributed by atoms with Crippen molar-refractivity contribution in [1.82, 2.24) is 0 Å². The molecule has 0 heterocycles. The van der Waals surface area contributed by atoms with Gasteiger partial charge < -0.3 is 5.11 Å². The Morgan fingerprint density at radius 3 is 1.83 bits per heavy atom. The van der Waals surface area contributed by atoms with Gasteiger partial charge in [-0.15, -0.1) is 0 Å². The second-order valence-electron chi connectivity index (χ2n) is 5.89. The first-order valence-electron chi connectivity index (χ1n) is 7.56. The van der Waals surface area contributed by atoms with Gasteiger partial charge in [-0.2, -0.15) is 0 Å². The first-order chi connectivity index (χ1) is 8.61. The Balaban J connectivity index is 2.63. The third kappa shape index (κ3) is 5.70. The Morgan fingerprint density at radius 2 is 1.44 bits per heavy atom. The van der Waals surface area contributed by atoms with Gasteiger partial charge in [-0.05, 0) is 24.7 Å². The maximum Gasteiger partial charge on any atom is 0.331 e. The first kappa shape index (κ1) is 15.3. The largest absolute Gasteiger partial charge is 0.478 e. The lowest BCUT2D eigenvalue weighted by atomic mass is 9.89. The Labute approximate surface area is 111 Å². The molecule has 0 saturated heterocycles. The first-order valence-corrected chi connectivity index (χ1v) is 7.56. The zero-order valence-electron chi connectivity index (χ0n) is 12.0. The van der Waals surface area contributed by atoms with E-state index in [1.807, 2.05) is 13.8 Å². The SMILES string of the molecule is CC(C)C(=CC1CCCCCCCCC1)C(=O)O. The van der Waals surface area contributed by atoms with Crippen molar-refractivity contribution in [1.29, 1.82) is 0 Å². The molecular weight excluding hydrogens is 224 g/mol. The summed E-state index contributed by atoms with van der Waals surface area (Å²) in [6.45, 7) is 3.94. The van der Waals surface area contributed by atoms with Crippen molar-refractivity contribution in [3.05, 3.63) is 11.6 Å². The average molecular weight is 252 g/mol. The molecule has 1 aliphatic rings. The van der Waals surface area contributed by atoms with Gasteiger partial charge in [0, 0.05) is 5.57 Å². The normalized spacial score (nSPS) is 20.9. The number of aliphatic carboxylic acids is 1. The van der Waals surface area contributed by atoms with Gasteiger partial charge in [-0.25, -0.2) is 4.79 Å². The Morgan fingerprint density at radius 1 is 1.00 bits per heavy atom. The number of hydrogen-bond acceptors (Lipinski definition) is 1. The second-order valence-corrected chi connectivity index (χ2v) is 5.89. The quantitative estimate of drug-likeness (QED) is 0.733. The predicted molar refractivity (Wildman–Crippen MR) is 75.6 cm³/mol. The molecule has 0 aliphatic heterocycles. The van der Waals surface area contributed by atoms with Crippen molar-refractivity contribution < 1.29 is 9.90 Å². The molecule has 18 heavy (non-hydrogen) atoms. The van der Waals surface area contributed by atoms with Gasteiger partial charge >= 0.3 is 5.97 Å². The van der Waals surface area contributed by atoms with Crippen LogP contribution in [0.4, 0.5) is 0 Å². The average Bonchev–Trinajstić information content (AvgIpc) is 2.32. The van der Waals surface area contributed by atoms with E-state index in [0.717, 1.165) is 0 Å². The summed E-state index contributed by atoms with van der Waals surface area (Å²) < 4.78 is 0. The number of allylic oxidation sites excluding steroid dienone is 1.